The number of Topliss-reactive ketones (excluding diaryl/α,β-unsaturated/α-hetero) is 2. The molecule has 0 amide bonds. The molecule has 0 aliphatic heterocycles. The Labute approximate surface area is 208 Å². The molecule has 2 aromatic carbocycles. The number of aryl methyl sites for hydroxylation is 1. The van der Waals surface area contributed by atoms with Crippen molar-refractivity contribution < 1.29 is 24.5 Å². The maximum atomic E-state index is 13.0. The van der Waals surface area contributed by atoms with Crippen molar-refractivity contribution in [3.8, 4) is 23.3 Å². The quantitative estimate of drug-likeness (QED) is 0.404. The van der Waals surface area contributed by atoms with E-state index in [9.17, 15) is 19.8 Å². The van der Waals surface area contributed by atoms with Gasteiger partial charge in [-0.05, 0) is 60.4 Å². The van der Waals surface area contributed by atoms with Crippen LogP contribution in [-0.2, 0) is 16.0 Å². The van der Waals surface area contributed by atoms with Gasteiger partial charge in [-0.25, -0.2) is 0 Å². The Morgan fingerprint density at radius 3 is 2.57 bits per heavy atom. The van der Waals surface area contributed by atoms with E-state index in [1.807, 2.05) is 30.3 Å². The molecule has 2 N–H and O–H groups in total. The number of ketones is 2. The lowest BCUT2D eigenvalue weighted by atomic mass is 9.83. The first-order chi connectivity index (χ1) is 17.0. The molecule has 0 radical (unpaired) electrons. The Morgan fingerprint density at radius 2 is 1.89 bits per heavy atom. The number of aliphatic hydroxyl groups excluding tert-OH is 1. The largest absolute Gasteiger partial charge is 0.504 e. The molecule has 0 bridgehead atoms. The van der Waals surface area contributed by atoms with Crippen LogP contribution in [0.15, 0.2) is 42.5 Å². The Morgan fingerprint density at radius 1 is 1.11 bits per heavy atom. The van der Waals surface area contributed by atoms with Crippen LogP contribution in [0.5, 0.6) is 11.5 Å². The minimum atomic E-state index is -0.322. The lowest BCUT2D eigenvalue weighted by Gasteiger charge is -2.20. The van der Waals surface area contributed by atoms with Crippen molar-refractivity contribution in [3.05, 3.63) is 59.2 Å². The summed E-state index contributed by atoms with van der Waals surface area (Å²) in [6.45, 7) is 2.20. The number of aromatic hydroxyl groups is 1. The van der Waals surface area contributed by atoms with E-state index < -0.39 is 0 Å². The molecule has 1 aliphatic rings. The van der Waals surface area contributed by atoms with Gasteiger partial charge < -0.3 is 14.9 Å². The predicted octanol–water partition coefficient (Wildman–Crippen LogP) is 5.21. The van der Waals surface area contributed by atoms with Gasteiger partial charge in [-0.2, -0.15) is 0 Å². The molecule has 0 spiro atoms. The van der Waals surface area contributed by atoms with Gasteiger partial charge in [0, 0.05) is 25.4 Å². The van der Waals surface area contributed by atoms with Crippen LogP contribution < -0.4 is 4.74 Å². The molecule has 0 fully saturated rings. The fraction of sp³-hybridized carbons (Fsp3) is 0.467. The van der Waals surface area contributed by atoms with Crippen LogP contribution in [-0.4, -0.2) is 35.5 Å². The summed E-state index contributed by atoms with van der Waals surface area (Å²) in [6.07, 6.45) is 4.24. The summed E-state index contributed by atoms with van der Waals surface area (Å²) in [5.74, 6) is 6.40. The van der Waals surface area contributed by atoms with Crippen molar-refractivity contribution in [2.75, 3.05) is 13.7 Å². The van der Waals surface area contributed by atoms with Crippen LogP contribution in [0.25, 0.3) is 0 Å². The Balaban J connectivity index is 2.00. The van der Waals surface area contributed by atoms with Crippen LogP contribution in [0.1, 0.15) is 74.5 Å². The molecular formula is C30H36O5. The van der Waals surface area contributed by atoms with Gasteiger partial charge in [0.15, 0.2) is 11.5 Å². The summed E-state index contributed by atoms with van der Waals surface area (Å²) in [5, 5.41) is 20.2. The predicted molar refractivity (Wildman–Crippen MR) is 136 cm³/mol. The van der Waals surface area contributed by atoms with Crippen molar-refractivity contribution in [3.63, 3.8) is 0 Å². The van der Waals surface area contributed by atoms with Gasteiger partial charge in [0.05, 0.1) is 19.4 Å². The SMILES string of the molecule is CCC[C@H](CO)CC[C@@H]1CC#C[C@@H](c2ccccc2)c2cc(O)c(OC)cc2CCC(=O)CC1=O. The van der Waals surface area contributed by atoms with Crippen molar-refractivity contribution in [2.24, 2.45) is 11.8 Å². The fourth-order valence-electron chi connectivity index (χ4n) is 4.80. The van der Waals surface area contributed by atoms with E-state index in [1.54, 1.807) is 12.1 Å². The summed E-state index contributed by atoms with van der Waals surface area (Å²) >= 11 is 0. The Kier molecular flexibility index (Phi) is 9.93. The molecule has 186 valence electrons. The second kappa shape index (κ2) is 13.1. The monoisotopic (exact) mass is 476 g/mol. The summed E-state index contributed by atoms with van der Waals surface area (Å²) in [5.41, 5.74) is 2.72. The highest BCUT2D eigenvalue weighted by molar-refractivity contribution is 6.00. The number of hydrogen-bond acceptors (Lipinski definition) is 5. The maximum absolute atomic E-state index is 13.0. The summed E-state index contributed by atoms with van der Waals surface area (Å²) in [7, 11) is 1.50. The van der Waals surface area contributed by atoms with Gasteiger partial charge >= 0.3 is 0 Å². The molecular weight excluding hydrogens is 440 g/mol. The molecule has 0 unspecified atom stereocenters. The Hall–Kier alpha value is -3.10. The molecule has 3 rings (SSSR count). The third kappa shape index (κ3) is 7.19. The van der Waals surface area contributed by atoms with Gasteiger partial charge in [-0.3, -0.25) is 9.59 Å². The fourth-order valence-corrected chi connectivity index (χ4v) is 4.80. The second-order valence-corrected chi connectivity index (χ2v) is 9.39. The third-order valence-electron chi connectivity index (χ3n) is 6.86. The van der Waals surface area contributed by atoms with E-state index >= 15 is 0 Å². The van der Waals surface area contributed by atoms with Crippen molar-refractivity contribution in [1.82, 2.24) is 0 Å². The highest BCUT2D eigenvalue weighted by atomic mass is 16.5. The summed E-state index contributed by atoms with van der Waals surface area (Å²) in [4.78, 5) is 25.8. The van der Waals surface area contributed by atoms with Gasteiger partial charge in [0.2, 0.25) is 0 Å². The first kappa shape index (κ1) is 26.5. The molecule has 0 aromatic heterocycles. The highest BCUT2D eigenvalue weighted by Crippen LogP contribution is 2.36. The molecule has 0 heterocycles. The van der Waals surface area contributed by atoms with Gasteiger partial charge in [-0.15, -0.1) is 5.92 Å². The molecule has 5 nitrogen and oxygen atoms in total. The number of ether oxygens (including phenoxy) is 1. The number of aliphatic hydroxyl groups is 1. The first-order valence-corrected chi connectivity index (χ1v) is 12.5. The molecule has 0 saturated heterocycles. The van der Waals surface area contributed by atoms with Crippen LogP contribution in [0.2, 0.25) is 0 Å². The topological polar surface area (TPSA) is 83.8 Å². The smallest absolute Gasteiger partial charge is 0.160 e. The standard InChI is InChI=1S/C30H36O5/c1-3-8-21(20-31)13-14-23-11-7-12-26(22-9-5-4-6-10-22)27-19-29(34)30(35-2)17-24(27)15-16-25(32)18-28(23)33/h4-6,9-10,17,19,21,23,26,31,34H,3,8,11,13-16,18,20H2,1-2H3/t21-,23-,26-/m0/s1. The van der Waals surface area contributed by atoms with E-state index in [2.05, 4.69) is 18.8 Å². The number of hydrogen-bond donors (Lipinski definition) is 2. The number of carbonyl (C=O) groups excluding carboxylic acids is 2. The van der Waals surface area contributed by atoms with Gasteiger partial charge in [0.1, 0.15) is 11.6 Å². The van der Waals surface area contributed by atoms with Crippen LogP contribution >= 0.6 is 0 Å². The summed E-state index contributed by atoms with van der Waals surface area (Å²) in [6, 6.07) is 13.3. The van der Waals surface area contributed by atoms with Gasteiger partial charge in [-0.1, -0.05) is 49.6 Å². The lowest BCUT2D eigenvalue weighted by Crippen LogP contribution is -2.20. The lowest BCUT2D eigenvalue weighted by molar-refractivity contribution is -0.129. The zero-order valence-corrected chi connectivity index (χ0v) is 20.8. The molecule has 2 aromatic rings. The minimum Gasteiger partial charge on any atom is -0.504 e. The average molecular weight is 477 g/mol. The van der Waals surface area contributed by atoms with E-state index in [1.165, 1.54) is 7.11 Å². The highest BCUT2D eigenvalue weighted by Gasteiger charge is 2.24. The molecule has 1 aliphatic carbocycles. The number of phenolic OH excluding ortho intramolecular Hbond substituents is 1. The molecule has 35 heavy (non-hydrogen) atoms. The number of rotatable bonds is 8. The van der Waals surface area contributed by atoms with E-state index in [-0.39, 0.29) is 54.5 Å². The van der Waals surface area contributed by atoms with Crippen LogP contribution in [0.3, 0.4) is 0 Å². The van der Waals surface area contributed by atoms with E-state index in [0.717, 1.165) is 36.0 Å². The number of fused-ring (bicyclic) bond motifs is 1. The van der Waals surface area contributed by atoms with Crippen molar-refractivity contribution >= 4 is 11.6 Å². The third-order valence-corrected chi connectivity index (χ3v) is 6.86. The van der Waals surface area contributed by atoms with Crippen LogP contribution in [0, 0.1) is 23.7 Å². The zero-order chi connectivity index (χ0) is 25.2. The van der Waals surface area contributed by atoms with E-state index in [4.69, 9.17) is 4.74 Å². The normalized spacial score (nSPS) is 19.5. The van der Waals surface area contributed by atoms with Gasteiger partial charge in [0.25, 0.3) is 0 Å². The molecule has 3 atom stereocenters. The molecule has 0 saturated carbocycles. The molecule has 5 heteroatoms. The Bertz CT molecular complexity index is 1060. The number of carbonyl (C=O) groups is 2. The van der Waals surface area contributed by atoms with E-state index in [0.29, 0.717) is 25.0 Å². The average Bonchev–Trinajstić information content (AvgIpc) is 2.86. The maximum Gasteiger partial charge on any atom is 0.160 e. The minimum absolute atomic E-state index is 0.0337. The zero-order valence-electron chi connectivity index (χ0n) is 20.8. The van der Waals surface area contributed by atoms with Crippen LogP contribution in [0.4, 0.5) is 0 Å². The summed E-state index contributed by atoms with van der Waals surface area (Å²) < 4.78 is 5.31. The second-order valence-electron chi connectivity index (χ2n) is 9.39. The van der Waals surface area contributed by atoms with Crippen molar-refractivity contribution in [2.45, 2.75) is 64.2 Å². The number of methoxy groups -OCH3 is 1. The first-order valence-electron chi connectivity index (χ1n) is 12.5. The van der Waals surface area contributed by atoms with Crippen molar-refractivity contribution in [1.29, 1.82) is 0 Å². The number of benzene rings is 2. The number of phenols is 1.